The zero-order valence-electron chi connectivity index (χ0n) is 18.7. The predicted molar refractivity (Wildman–Crippen MR) is 119 cm³/mol. The van der Waals surface area contributed by atoms with Gasteiger partial charge in [-0.2, -0.15) is 13.2 Å². The Kier molecular flexibility index (Phi) is 5.54. The average molecular weight is 488 g/mol. The monoisotopic (exact) mass is 488 g/mol. The van der Waals surface area contributed by atoms with E-state index in [9.17, 15) is 32.3 Å². The fourth-order valence-corrected chi connectivity index (χ4v) is 3.96. The summed E-state index contributed by atoms with van der Waals surface area (Å²) in [4.78, 5) is 53.1. The van der Waals surface area contributed by atoms with Gasteiger partial charge in [-0.25, -0.2) is 9.36 Å². The lowest BCUT2D eigenvalue weighted by molar-refractivity contribution is -0.196. The van der Waals surface area contributed by atoms with E-state index in [1.54, 1.807) is 25.2 Å². The summed E-state index contributed by atoms with van der Waals surface area (Å²) >= 11 is 0. The number of aryl methyl sites for hydroxylation is 2. The molecule has 1 atom stereocenters. The number of alkyl halides is 3. The highest BCUT2D eigenvalue weighted by Crippen LogP contribution is 2.45. The fraction of sp³-hybridized carbons (Fsp3) is 0.217. The summed E-state index contributed by atoms with van der Waals surface area (Å²) in [5.41, 5.74) is -6.09. The molecule has 3 N–H and O–H groups in total. The van der Waals surface area contributed by atoms with Gasteiger partial charge in [0.25, 0.3) is 22.9 Å². The number of carbonyl (C=O) groups excluding carboxylic acids is 2. The maximum atomic E-state index is 14.6. The molecule has 1 aromatic heterocycles. The molecule has 4 rings (SSSR count). The Morgan fingerprint density at radius 2 is 1.74 bits per heavy atom. The SMILES string of the molecule is COc1ccccc1C(=O)NC1(C(F)(F)F)C(=O)Nc2c1c(=O)[nH]c(=O)n2-c1ccc(C)c(C)c1. The molecule has 1 aliphatic heterocycles. The number of halogens is 3. The van der Waals surface area contributed by atoms with E-state index >= 15 is 0 Å². The molecule has 0 saturated heterocycles. The van der Waals surface area contributed by atoms with Crippen LogP contribution in [0.5, 0.6) is 5.75 Å². The van der Waals surface area contributed by atoms with Crippen LogP contribution >= 0.6 is 0 Å². The van der Waals surface area contributed by atoms with Crippen molar-refractivity contribution in [2.24, 2.45) is 0 Å². The second-order valence-electron chi connectivity index (χ2n) is 7.94. The molecule has 0 bridgehead atoms. The molecule has 0 radical (unpaired) electrons. The molecular formula is C23H19F3N4O5. The maximum Gasteiger partial charge on any atom is 0.425 e. The van der Waals surface area contributed by atoms with Crippen molar-refractivity contribution in [3.8, 4) is 11.4 Å². The third kappa shape index (κ3) is 3.57. The molecule has 12 heteroatoms. The van der Waals surface area contributed by atoms with Gasteiger partial charge >= 0.3 is 11.9 Å². The van der Waals surface area contributed by atoms with Crippen LogP contribution in [0, 0.1) is 13.8 Å². The average Bonchev–Trinajstić information content (AvgIpc) is 3.09. The van der Waals surface area contributed by atoms with Gasteiger partial charge < -0.3 is 15.4 Å². The van der Waals surface area contributed by atoms with Crippen LogP contribution in [0.4, 0.5) is 19.0 Å². The molecule has 3 aromatic rings. The second-order valence-corrected chi connectivity index (χ2v) is 7.94. The van der Waals surface area contributed by atoms with Crippen molar-refractivity contribution in [1.29, 1.82) is 0 Å². The lowest BCUT2D eigenvalue weighted by atomic mass is 9.91. The van der Waals surface area contributed by atoms with E-state index in [-0.39, 0.29) is 17.0 Å². The first-order valence-electron chi connectivity index (χ1n) is 10.2. The number of anilines is 1. The molecule has 2 aromatic carbocycles. The molecule has 182 valence electrons. The second kappa shape index (κ2) is 8.15. The van der Waals surface area contributed by atoms with Crippen molar-refractivity contribution >= 4 is 17.6 Å². The van der Waals surface area contributed by atoms with Gasteiger partial charge in [-0.3, -0.25) is 19.4 Å². The number of aromatic nitrogens is 2. The number of hydrogen-bond donors (Lipinski definition) is 3. The van der Waals surface area contributed by atoms with Gasteiger partial charge in [-0.05, 0) is 49.2 Å². The Labute approximate surface area is 195 Å². The molecular weight excluding hydrogens is 469 g/mol. The van der Waals surface area contributed by atoms with E-state index in [0.717, 1.165) is 10.1 Å². The summed E-state index contributed by atoms with van der Waals surface area (Å²) in [6.45, 7) is 3.52. The molecule has 0 spiro atoms. The largest absolute Gasteiger partial charge is 0.496 e. The first-order valence-corrected chi connectivity index (χ1v) is 10.2. The van der Waals surface area contributed by atoms with Gasteiger partial charge in [-0.1, -0.05) is 18.2 Å². The Morgan fingerprint density at radius 3 is 2.37 bits per heavy atom. The lowest BCUT2D eigenvalue weighted by Gasteiger charge is -2.30. The Morgan fingerprint density at radius 1 is 1.06 bits per heavy atom. The number of fused-ring (bicyclic) bond motifs is 1. The summed E-state index contributed by atoms with van der Waals surface area (Å²) in [7, 11) is 1.22. The number of carbonyl (C=O) groups is 2. The zero-order chi connectivity index (χ0) is 25.7. The lowest BCUT2D eigenvalue weighted by Crippen LogP contribution is -2.62. The third-order valence-corrected chi connectivity index (χ3v) is 5.89. The van der Waals surface area contributed by atoms with Crippen molar-refractivity contribution in [3.63, 3.8) is 0 Å². The van der Waals surface area contributed by atoms with Crippen molar-refractivity contribution in [3.05, 3.63) is 85.6 Å². The van der Waals surface area contributed by atoms with Gasteiger partial charge in [0.1, 0.15) is 17.1 Å². The molecule has 35 heavy (non-hydrogen) atoms. The fourth-order valence-electron chi connectivity index (χ4n) is 3.96. The van der Waals surface area contributed by atoms with Crippen LogP contribution in [-0.2, 0) is 10.3 Å². The van der Waals surface area contributed by atoms with Crippen molar-refractivity contribution in [1.82, 2.24) is 14.9 Å². The van der Waals surface area contributed by atoms with Crippen molar-refractivity contribution in [2.45, 2.75) is 25.6 Å². The highest BCUT2D eigenvalue weighted by Gasteiger charge is 2.68. The first-order chi connectivity index (χ1) is 16.4. The van der Waals surface area contributed by atoms with Crippen LogP contribution < -0.4 is 26.6 Å². The number of H-pyrrole nitrogens is 1. The minimum Gasteiger partial charge on any atom is -0.496 e. The van der Waals surface area contributed by atoms with Gasteiger partial charge in [0, 0.05) is 0 Å². The van der Waals surface area contributed by atoms with Gasteiger partial charge in [0.15, 0.2) is 0 Å². The third-order valence-electron chi connectivity index (χ3n) is 5.89. The quantitative estimate of drug-likeness (QED) is 0.520. The molecule has 1 unspecified atom stereocenters. The summed E-state index contributed by atoms with van der Waals surface area (Å²) in [5, 5.41) is 3.70. The number of amides is 2. The minimum absolute atomic E-state index is 0.0463. The number of nitrogens with zero attached hydrogens (tertiary/aromatic N) is 1. The molecule has 2 heterocycles. The number of ether oxygens (including phenoxy) is 1. The minimum atomic E-state index is -5.46. The standard InChI is InChI=1S/C23H19F3N4O5/c1-11-8-9-13(10-12(11)2)30-17-16(19(32)28-21(30)34)22(20(33)27-17,23(24,25)26)29-18(31)14-6-4-5-7-15(14)35-3/h4-10H,1-3H3,(H,27,33)(H,29,31)(H,28,32,34). The number of aromatic amines is 1. The number of para-hydroxylation sites is 1. The summed E-state index contributed by atoms with van der Waals surface area (Å²) in [5.74, 6) is -3.79. The highest BCUT2D eigenvalue weighted by molar-refractivity contribution is 6.10. The molecule has 2 amide bonds. The zero-order valence-corrected chi connectivity index (χ0v) is 18.7. The van der Waals surface area contributed by atoms with Crippen LogP contribution in [0.25, 0.3) is 5.69 Å². The molecule has 0 aliphatic carbocycles. The Bertz CT molecular complexity index is 1490. The number of rotatable bonds is 4. The number of methoxy groups -OCH3 is 1. The van der Waals surface area contributed by atoms with Crippen LogP contribution in [-0.4, -0.2) is 34.7 Å². The van der Waals surface area contributed by atoms with E-state index in [2.05, 4.69) is 0 Å². The number of nitrogens with one attached hydrogen (secondary N) is 3. The van der Waals surface area contributed by atoms with Gasteiger partial charge in [-0.15, -0.1) is 0 Å². The van der Waals surface area contributed by atoms with Crippen LogP contribution in [0.15, 0.2) is 52.1 Å². The van der Waals surface area contributed by atoms with Crippen LogP contribution in [0.3, 0.4) is 0 Å². The van der Waals surface area contributed by atoms with Crippen LogP contribution in [0.1, 0.15) is 27.0 Å². The summed E-state index contributed by atoms with van der Waals surface area (Å²) in [6, 6.07) is 10.0. The smallest absolute Gasteiger partial charge is 0.425 e. The van der Waals surface area contributed by atoms with E-state index in [0.29, 0.717) is 5.56 Å². The maximum absolute atomic E-state index is 14.6. The van der Waals surface area contributed by atoms with Gasteiger partial charge in [0.05, 0.1) is 18.4 Å². The Balaban J connectivity index is 1.99. The van der Waals surface area contributed by atoms with E-state index in [1.165, 1.54) is 43.5 Å². The number of benzene rings is 2. The summed E-state index contributed by atoms with van der Waals surface area (Å²) in [6.07, 6.45) is -5.46. The van der Waals surface area contributed by atoms with Crippen molar-refractivity contribution < 1.29 is 27.5 Å². The van der Waals surface area contributed by atoms with Crippen LogP contribution in [0.2, 0.25) is 0 Å². The summed E-state index contributed by atoms with van der Waals surface area (Å²) < 4.78 is 49.5. The first kappa shape index (κ1) is 23.8. The highest BCUT2D eigenvalue weighted by atomic mass is 19.4. The van der Waals surface area contributed by atoms with E-state index in [1.807, 2.05) is 10.3 Å². The normalized spacial score (nSPS) is 17.0. The molecule has 9 nitrogen and oxygen atoms in total. The van der Waals surface area contributed by atoms with Gasteiger partial charge in [0.2, 0.25) is 0 Å². The van der Waals surface area contributed by atoms with Crippen molar-refractivity contribution in [2.75, 3.05) is 12.4 Å². The topological polar surface area (TPSA) is 122 Å². The molecule has 0 saturated carbocycles. The molecule has 1 aliphatic rings. The predicted octanol–water partition coefficient (Wildman–Crippen LogP) is 2.29. The van der Waals surface area contributed by atoms with E-state index in [4.69, 9.17) is 4.74 Å². The Hall–Kier alpha value is -4.35. The molecule has 0 fully saturated rings. The van der Waals surface area contributed by atoms with E-state index < -0.39 is 46.2 Å². The number of hydrogen-bond acceptors (Lipinski definition) is 5.